The number of hydrogen-bond acceptors (Lipinski definition) is 6. The van der Waals surface area contributed by atoms with Crippen LogP contribution in [0.1, 0.15) is 19.4 Å². The molecule has 6 nitrogen and oxygen atoms in total. The number of rotatable bonds is 6. The van der Waals surface area contributed by atoms with Crippen LogP contribution in [0.15, 0.2) is 36.7 Å². The van der Waals surface area contributed by atoms with Crippen LogP contribution in [0.2, 0.25) is 0 Å². The summed E-state index contributed by atoms with van der Waals surface area (Å²) in [6.07, 6.45) is 1.75. The number of hydrogen-bond donors (Lipinski definition) is 1. The van der Waals surface area contributed by atoms with E-state index in [9.17, 15) is 0 Å². The van der Waals surface area contributed by atoms with Crippen LogP contribution in [0.5, 0.6) is 5.75 Å². The molecule has 2 heterocycles. The SMILES string of the molecule is CC(C)Oc1ccccc1CNc1cc(N2CCOCC2)ncn1. The summed E-state index contributed by atoms with van der Waals surface area (Å²) in [6, 6.07) is 10.0. The minimum absolute atomic E-state index is 0.151. The average molecular weight is 328 g/mol. The van der Waals surface area contributed by atoms with Gasteiger partial charge in [0.05, 0.1) is 19.3 Å². The van der Waals surface area contributed by atoms with Crippen molar-refractivity contribution in [2.45, 2.75) is 26.5 Å². The molecule has 1 fully saturated rings. The fourth-order valence-electron chi connectivity index (χ4n) is 2.61. The van der Waals surface area contributed by atoms with Gasteiger partial charge in [-0.1, -0.05) is 18.2 Å². The number of nitrogens with zero attached hydrogens (tertiary/aromatic N) is 3. The van der Waals surface area contributed by atoms with Crippen LogP contribution in [-0.2, 0) is 11.3 Å². The molecular weight excluding hydrogens is 304 g/mol. The molecule has 1 aliphatic rings. The number of nitrogens with one attached hydrogen (secondary N) is 1. The molecule has 1 aromatic heterocycles. The minimum Gasteiger partial charge on any atom is -0.491 e. The molecule has 0 aliphatic carbocycles. The quantitative estimate of drug-likeness (QED) is 0.880. The van der Waals surface area contributed by atoms with E-state index < -0.39 is 0 Å². The first-order chi connectivity index (χ1) is 11.7. The van der Waals surface area contributed by atoms with Gasteiger partial charge in [-0.2, -0.15) is 0 Å². The molecule has 2 aromatic rings. The van der Waals surface area contributed by atoms with E-state index in [-0.39, 0.29) is 6.10 Å². The van der Waals surface area contributed by atoms with Crippen LogP contribution < -0.4 is 15.0 Å². The molecule has 0 spiro atoms. The van der Waals surface area contributed by atoms with E-state index in [1.165, 1.54) is 0 Å². The van der Waals surface area contributed by atoms with Gasteiger partial charge in [-0.3, -0.25) is 0 Å². The molecule has 24 heavy (non-hydrogen) atoms. The van der Waals surface area contributed by atoms with E-state index in [0.717, 1.165) is 49.3 Å². The number of anilines is 2. The van der Waals surface area contributed by atoms with Crippen molar-refractivity contribution >= 4 is 11.6 Å². The number of morpholine rings is 1. The van der Waals surface area contributed by atoms with Crippen molar-refractivity contribution in [1.29, 1.82) is 0 Å². The topological polar surface area (TPSA) is 59.5 Å². The van der Waals surface area contributed by atoms with Crippen molar-refractivity contribution in [1.82, 2.24) is 9.97 Å². The smallest absolute Gasteiger partial charge is 0.134 e. The molecular formula is C18H24N4O2. The van der Waals surface area contributed by atoms with Crippen molar-refractivity contribution in [3.63, 3.8) is 0 Å². The van der Waals surface area contributed by atoms with Gasteiger partial charge in [-0.05, 0) is 19.9 Å². The summed E-state index contributed by atoms with van der Waals surface area (Å²) in [6.45, 7) is 7.93. The van der Waals surface area contributed by atoms with Gasteiger partial charge in [0.25, 0.3) is 0 Å². The zero-order valence-corrected chi connectivity index (χ0v) is 14.2. The zero-order valence-electron chi connectivity index (χ0n) is 14.2. The molecule has 6 heteroatoms. The molecule has 128 valence electrons. The number of benzene rings is 1. The normalized spacial score (nSPS) is 14.7. The average Bonchev–Trinajstić information content (AvgIpc) is 2.61. The molecule has 1 aromatic carbocycles. The van der Waals surface area contributed by atoms with Crippen LogP contribution in [0.3, 0.4) is 0 Å². The van der Waals surface area contributed by atoms with Gasteiger partial charge in [-0.25, -0.2) is 9.97 Å². The van der Waals surface area contributed by atoms with Gasteiger partial charge < -0.3 is 19.7 Å². The fourth-order valence-corrected chi connectivity index (χ4v) is 2.61. The second-order valence-electron chi connectivity index (χ2n) is 5.99. The Kier molecular flexibility index (Phi) is 5.48. The van der Waals surface area contributed by atoms with Crippen LogP contribution >= 0.6 is 0 Å². The van der Waals surface area contributed by atoms with Crippen LogP contribution in [0.4, 0.5) is 11.6 Å². The molecule has 1 aliphatic heterocycles. The highest BCUT2D eigenvalue weighted by Gasteiger charge is 2.13. The highest BCUT2D eigenvalue weighted by molar-refractivity contribution is 5.49. The van der Waals surface area contributed by atoms with E-state index in [1.54, 1.807) is 6.33 Å². The van der Waals surface area contributed by atoms with Crippen LogP contribution in [0.25, 0.3) is 0 Å². The summed E-state index contributed by atoms with van der Waals surface area (Å²) < 4.78 is 11.2. The van der Waals surface area contributed by atoms with Gasteiger partial charge in [0.15, 0.2) is 0 Å². The molecule has 1 saturated heterocycles. The first-order valence-corrected chi connectivity index (χ1v) is 8.35. The van der Waals surface area contributed by atoms with Crippen molar-refractivity contribution < 1.29 is 9.47 Å². The summed E-state index contributed by atoms with van der Waals surface area (Å²) >= 11 is 0. The largest absolute Gasteiger partial charge is 0.491 e. The van der Waals surface area contributed by atoms with Gasteiger partial charge in [0.1, 0.15) is 23.7 Å². The standard InChI is InChI=1S/C18H24N4O2/c1-14(2)24-16-6-4-3-5-15(16)12-19-17-11-18(21-13-20-17)22-7-9-23-10-8-22/h3-6,11,13-14H,7-10,12H2,1-2H3,(H,19,20,21). The lowest BCUT2D eigenvalue weighted by Gasteiger charge is -2.27. The maximum absolute atomic E-state index is 5.86. The second-order valence-corrected chi connectivity index (χ2v) is 5.99. The third kappa shape index (κ3) is 4.35. The second kappa shape index (κ2) is 7.97. The fraction of sp³-hybridized carbons (Fsp3) is 0.444. The lowest BCUT2D eigenvalue weighted by atomic mass is 10.2. The summed E-state index contributed by atoms with van der Waals surface area (Å²) in [4.78, 5) is 10.9. The first kappa shape index (κ1) is 16.5. The van der Waals surface area contributed by atoms with Crippen LogP contribution in [0, 0.1) is 0 Å². The van der Waals surface area contributed by atoms with E-state index >= 15 is 0 Å². The predicted octanol–water partition coefficient (Wildman–Crippen LogP) is 2.71. The van der Waals surface area contributed by atoms with E-state index in [4.69, 9.17) is 9.47 Å². The number of para-hydroxylation sites is 1. The van der Waals surface area contributed by atoms with Gasteiger partial charge in [-0.15, -0.1) is 0 Å². The van der Waals surface area contributed by atoms with E-state index in [2.05, 4.69) is 26.3 Å². The molecule has 1 N–H and O–H groups in total. The lowest BCUT2D eigenvalue weighted by Crippen LogP contribution is -2.36. The van der Waals surface area contributed by atoms with Crippen molar-refractivity contribution in [2.75, 3.05) is 36.5 Å². The highest BCUT2D eigenvalue weighted by atomic mass is 16.5. The molecule has 0 saturated carbocycles. The van der Waals surface area contributed by atoms with Crippen molar-refractivity contribution in [3.8, 4) is 5.75 Å². The summed E-state index contributed by atoms with van der Waals surface area (Å²) in [5, 5.41) is 3.37. The molecule has 0 atom stereocenters. The molecule has 0 unspecified atom stereocenters. The maximum Gasteiger partial charge on any atom is 0.134 e. The Labute approximate surface area is 142 Å². The first-order valence-electron chi connectivity index (χ1n) is 8.35. The maximum atomic E-state index is 5.86. The highest BCUT2D eigenvalue weighted by Crippen LogP contribution is 2.21. The van der Waals surface area contributed by atoms with Crippen molar-refractivity contribution in [3.05, 3.63) is 42.2 Å². The van der Waals surface area contributed by atoms with E-state index in [0.29, 0.717) is 6.54 Å². The molecule has 0 radical (unpaired) electrons. The minimum atomic E-state index is 0.151. The Balaban J connectivity index is 1.66. The van der Waals surface area contributed by atoms with E-state index in [1.807, 2.05) is 38.1 Å². The third-order valence-electron chi connectivity index (χ3n) is 3.78. The Morgan fingerprint density at radius 1 is 1.21 bits per heavy atom. The summed E-state index contributed by atoms with van der Waals surface area (Å²) in [5.41, 5.74) is 1.11. The Bertz CT molecular complexity index is 657. The Hall–Kier alpha value is -2.34. The van der Waals surface area contributed by atoms with Crippen molar-refractivity contribution in [2.24, 2.45) is 0 Å². The van der Waals surface area contributed by atoms with Gasteiger partial charge >= 0.3 is 0 Å². The summed E-state index contributed by atoms with van der Waals surface area (Å²) in [5.74, 6) is 2.65. The van der Waals surface area contributed by atoms with Gasteiger partial charge in [0, 0.05) is 31.3 Å². The monoisotopic (exact) mass is 328 g/mol. The predicted molar refractivity (Wildman–Crippen MR) is 94.6 cm³/mol. The third-order valence-corrected chi connectivity index (χ3v) is 3.78. The number of ether oxygens (including phenoxy) is 2. The van der Waals surface area contributed by atoms with Crippen LogP contribution in [-0.4, -0.2) is 42.4 Å². The van der Waals surface area contributed by atoms with Gasteiger partial charge in [0.2, 0.25) is 0 Å². The number of aromatic nitrogens is 2. The Morgan fingerprint density at radius 2 is 2.00 bits per heavy atom. The summed E-state index contributed by atoms with van der Waals surface area (Å²) in [7, 11) is 0. The Morgan fingerprint density at radius 3 is 2.79 bits per heavy atom. The lowest BCUT2D eigenvalue weighted by molar-refractivity contribution is 0.122. The zero-order chi connectivity index (χ0) is 16.8. The molecule has 0 bridgehead atoms. The molecule has 0 amide bonds. The molecule has 3 rings (SSSR count).